The molecule has 0 aliphatic heterocycles. The van der Waals surface area contributed by atoms with Crippen molar-refractivity contribution in [3.63, 3.8) is 0 Å². The van der Waals surface area contributed by atoms with Crippen LogP contribution in [0.5, 0.6) is 0 Å². The standard InChI is InChI=1S/C26H26F6N4OS/c1-6-34-22-18(10-33)21(19-13-38-12-14(19)2)20(11-35-22)36(5)23(37)24(3,4)15-7-16(25(27,28)29)9-17(8-15)26(30,31)32/h7-13,33H,6H2,1-5H3,(H,34,35). The lowest BCUT2D eigenvalue weighted by Crippen LogP contribution is -2.42. The minimum Gasteiger partial charge on any atom is -0.370 e. The molecule has 0 spiro atoms. The summed E-state index contributed by atoms with van der Waals surface area (Å²) < 4.78 is 80.9. The number of rotatable bonds is 7. The molecule has 0 fully saturated rings. The maximum Gasteiger partial charge on any atom is 0.416 e. The van der Waals surface area contributed by atoms with E-state index in [-0.39, 0.29) is 11.8 Å². The number of hydrogen-bond acceptors (Lipinski definition) is 5. The van der Waals surface area contributed by atoms with Crippen molar-refractivity contribution in [2.75, 3.05) is 23.8 Å². The topological polar surface area (TPSA) is 69.1 Å². The van der Waals surface area contributed by atoms with Gasteiger partial charge >= 0.3 is 12.4 Å². The summed E-state index contributed by atoms with van der Waals surface area (Å²) >= 11 is 1.41. The van der Waals surface area contributed by atoms with Gasteiger partial charge in [0.1, 0.15) is 5.82 Å². The lowest BCUT2D eigenvalue weighted by atomic mass is 9.81. The van der Waals surface area contributed by atoms with Crippen molar-refractivity contribution in [1.29, 1.82) is 5.41 Å². The van der Waals surface area contributed by atoms with Crippen LogP contribution in [0.4, 0.5) is 37.8 Å². The lowest BCUT2D eigenvalue weighted by molar-refractivity contribution is -0.143. The monoisotopic (exact) mass is 556 g/mol. The molecule has 204 valence electrons. The first-order valence-electron chi connectivity index (χ1n) is 11.4. The molecule has 0 bridgehead atoms. The zero-order valence-electron chi connectivity index (χ0n) is 21.2. The molecular formula is C26H26F6N4OS. The van der Waals surface area contributed by atoms with Gasteiger partial charge in [0.05, 0.1) is 28.4 Å². The van der Waals surface area contributed by atoms with Crippen molar-refractivity contribution in [2.45, 2.75) is 45.5 Å². The first kappa shape index (κ1) is 29.2. The fourth-order valence-electron chi connectivity index (χ4n) is 4.09. The molecule has 2 heterocycles. The van der Waals surface area contributed by atoms with Crippen molar-refractivity contribution in [3.05, 3.63) is 63.0 Å². The van der Waals surface area contributed by atoms with Gasteiger partial charge in [-0.3, -0.25) is 4.79 Å². The van der Waals surface area contributed by atoms with Crippen LogP contribution in [-0.2, 0) is 22.6 Å². The molecule has 0 saturated carbocycles. The van der Waals surface area contributed by atoms with Crippen LogP contribution in [-0.4, -0.2) is 30.7 Å². The molecule has 0 unspecified atom stereocenters. The van der Waals surface area contributed by atoms with E-state index in [0.717, 1.165) is 22.2 Å². The summed E-state index contributed by atoms with van der Waals surface area (Å²) in [5.74, 6) is -0.354. The van der Waals surface area contributed by atoms with Gasteiger partial charge in [-0.1, -0.05) is 0 Å². The molecule has 1 aromatic carbocycles. The van der Waals surface area contributed by atoms with Gasteiger partial charge in [0.15, 0.2) is 0 Å². The molecule has 2 aromatic heterocycles. The van der Waals surface area contributed by atoms with Gasteiger partial charge in [-0.25, -0.2) is 4.98 Å². The maximum atomic E-state index is 13.8. The highest BCUT2D eigenvalue weighted by Crippen LogP contribution is 2.42. The number of aryl methyl sites for hydroxylation is 1. The highest BCUT2D eigenvalue weighted by atomic mass is 32.1. The second-order valence-corrected chi connectivity index (χ2v) is 9.95. The number of alkyl halides is 6. The van der Waals surface area contributed by atoms with Gasteiger partial charge in [0, 0.05) is 30.9 Å². The first-order valence-corrected chi connectivity index (χ1v) is 12.4. The molecule has 0 radical (unpaired) electrons. The Kier molecular flexibility index (Phi) is 7.97. The van der Waals surface area contributed by atoms with Crippen molar-refractivity contribution in [3.8, 4) is 11.1 Å². The normalized spacial score (nSPS) is 12.4. The van der Waals surface area contributed by atoms with Crippen LogP contribution in [0, 0.1) is 12.3 Å². The van der Waals surface area contributed by atoms with E-state index in [2.05, 4.69) is 10.3 Å². The van der Waals surface area contributed by atoms with Crippen molar-refractivity contribution < 1.29 is 31.1 Å². The fraction of sp³-hybridized carbons (Fsp3) is 0.346. The van der Waals surface area contributed by atoms with Gasteiger partial charge in [0.2, 0.25) is 5.91 Å². The molecule has 0 aliphatic carbocycles. The summed E-state index contributed by atoms with van der Waals surface area (Å²) in [6, 6.07) is 1.17. The minimum absolute atomic E-state index is 0.0327. The Hall–Kier alpha value is -3.41. The van der Waals surface area contributed by atoms with E-state index in [1.54, 1.807) is 0 Å². The number of aromatic nitrogens is 1. The van der Waals surface area contributed by atoms with Crippen LogP contribution >= 0.6 is 11.3 Å². The largest absolute Gasteiger partial charge is 0.416 e. The Morgan fingerprint density at radius 3 is 2.05 bits per heavy atom. The number of carbonyl (C=O) groups excluding carboxylic acids is 1. The Morgan fingerprint density at radius 1 is 1.05 bits per heavy atom. The predicted octanol–water partition coefficient (Wildman–Crippen LogP) is 7.53. The van der Waals surface area contributed by atoms with Gasteiger partial charge in [-0.2, -0.15) is 37.7 Å². The molecule has 2 N–H and O–H groups in total. The fourth-order valence-corrected chi connectivity index (χ4v) is 4.93. The van der Waals surface area contributed by atoms with Crippen molar-refractivity contribution in [2.24, 2.45) is 0 Å². The maximum absolute atomic E-state index is 13.8. The number of nitrogens with one attached hydrogen (secondary N) is 2. The highest BCUT2D eigenvalue weighted by molar-refractivity contribution is 7.08. The Labute approximate surface area is 220 Å². The van der Waals surface area contributed by atoms with Gasteiger partial charge in [-0.05, 0) is 73.3 Å². The number of amides is 1. The summed E-state index contributed by atoms with van der Waals surface area (Å²) in [7, 11) is 1.38. The Morgan fingerprint density at radius 2 is 1.61 bits per heavy atom. The average Bonchev–Trinajstić information content (AvgIpc) is 3.26. The Bertz CT molecular complexity index is 1330. The average molecular weight is 557 g/mol. The number of hydrogen-bond donors (Lipinski definition) is 2. The molecule has 3 rings (SSSR count). The first-order chi connectivity index (χ1) is 17.5. The van der Waals surface area contributed by atoms with E-state index in [0.29, 0.717) is 35.6 Å². The molecule has 5 nitrogen and oxygen atoms in total. The van der Waals surface area contributed by atoms with Crippen LogP contribution in [0.25, 0.3) is 11.1 Å². The number of benzene rings is 1. The zero-order chi connectivity index (χ0) is 28.6. The number of thiophene rings is 1. The van der Waals surface area contributed by atoms with Crippen LogP contribution in [0.3, 0.4) is 0 Å². The second-order valence-electron chi connectivity index (χ2n) is 9.21. The molecule has 12 heteroatoms. The van der Waals surface area contributed by atoms with Gasteiger partial charge in [0.25, 0.3) is 0 Å². The molecule has 1 amide bonds. The summed E-state index contributed by atoms with van der Waals surface area (Å²) in [5.41, 5.74) is -2.49. The third-order valence-corrected chi connectivity index (χ3v) is 7.08. The summed E-state index contributed by atoms with van der Waals surface area (Å²) in [5, 5.41) is 14.8. The second kappa shape index (κ2) is 10.4. The van der Waals surface area contributed by atoms with Crippen molar-refractivity contribution in [1.82, 2.24) is 4.98 Å². The number of likely N-dealkylation sites (N-methyl/N-ethyl adjacent to an activating group) is 1. The Balaban J connectivity index is 2.20. The predicted molar refractivity (Wildman–Crippen MR) is 137 cm³/mol. The van der Waals surface area contributed by atoms with E-state index in [1.165, 1.54) is 38.4 Å². The zero-order valence-corrected chi connectivity index (χ0v) is 22.0. The summed E-state index contributed by atoms with van der Waals surface area (Å²) in [4.78, 5) is 19.3. The number of nitrogens with zero attached hydrogens (tertiary/aromatic N) is 2. The molecule has 38 heavy (non-hydrogen) atoms. The third-order valence-electron chi connectivity index (χ3n) is 6.22. The highest BCUT2D eigenvalue weighted by Gasteiger charge is 2.41. The van der Waals surface area contributed by atoms with E-state index in [4.69, 9.17) is 5.41 Å². The number of carbonyl (C=O) groups is 1. The SMILES string of the molecule is CCNc1ncc(N(C)C(=O)C(C)(C)c2cc(C(F)(F)F)cc(C(F)(F)F)c2)c(-c2cscc2C)c1C=N. The number of halogens is 6. The molecule has 0 atom stereocenters. The smallest absolute Gasteiger partial charge is 0.370 e. The summed E-state index contributed by atoms with van der Waals surface area (Å²) in [6.45, 7) is 6.75. The summed E-state index contributed by atoms with van der Waals surface area (Å²) in [6.07, 6.45) is -7.60. The third kappa shape index (κ3) is 5.54. The molecule has 0 saturated heterocycles. The van der Waals surface area contributed by atoms with Gasteiger partial charge in [-0.15, -0.1) is 0 Å². The van der Waals surface area contributed by atoms with Crippen LogP contribution in [0.2, 0.25) is 0 Å². The van der Waals surface area contributed by atoms with Crippen LogP contribution in [0.1, 0.15) is 48.6 Å². The van der Waals surface area contributed by atoms with E-state index < -0.39 is 40.4 Å². The van der Waals surface area contributed by atoms with Crippen LogP contribution < -0.4 is 10.2 Å². The van der Waals surface area contributed by atoms with Crippen LogP contribution in [0.15, 0.2) is 35.2 Å². The quantitative estimate of drug-likeness (QED) is 0.234. The van der Waals surface area contributed by atoms with E-state index in [1.807, 2.05) is 24.6 Å². The molecule has 3 aromatic rings. The number of anilines is 2. The molecule has 0 aliphatic rings. The lowest BCUT2D eigenvalue weighted by Gasteiger charge is -2.32. The molecular weight excluding hydrogens is 530 g/mol. The minimum atomic E-state index is -5.05. The van der Waals surface area contributed by atoms with E-state index in [9.17, 15) is 31.1 Å². The van der Waals surface area contributed by atoms with Gasteiger partial charge < -0.3 is 15.6 Å². The van der Waals surface area contributed by atoms with Crippen molar-refractivity contribution >= 4 is 35.0 Å². The number of pyridine rings is 1. The van der Waals surface area contributed by atoms with E-state index >= 15 is 0 Å².